The molecular formula is C12H24N2O. The zero-order valence-electron chi connectivity index (χ0n) is 10.3. The van der Waals surface area contributed by atoms with Crippen LogP contribution in [0.2, 0.25) is 0 Å². The van der Waals surface area contributed by atoms with E-state index in [1.54, 1.807) is 0 Å². The molecule has 15 heavy (non-hydrogen) atoms. The molecule has 1 aliphatic heterocycles. The molecule has 3 nitrogen and oxygen atoms in total. The zero-order chi connectivity index (χ0) is 11.3. The van der Waals surface area contributed by atoms with Gasteiger partial charge in [0.25, 0.3) is 0 Å². The summed E-state index contributed by atoms with van der Waals surface area (Å²) >= 11 is 0. The van der Waals surface area contributed by atoms with Crippen molar-refractivity contribution in [3.05, 3.63) is 0 Å². The van der Waals surface area contributed by atoms with E-state index < -0.39 is 0 Å². The van der Waals surface area contributed by atoms with Crippen LogP contribution >= 0.6 is 0 Å². The van der Waals surface area contributed by atoms with Crippen molar-refractivity contribution in [1.82, 2.24) is 10.2 Å². The van der Waals surface area contributed by atoms with Crippen LogP contribution in [0.25, 0.3) is 0 Å². The van der Waals surface area contributed by atoms with E-state index in [-0.39, 0.29) is 0 Å². The van der Waals surface area contributed by atoms with E-state index in [0.29, 0.717) is 24.4 Å². The average Bonchev–Trinajstić information content (AvgIpc) is 2.71. The minimum Gasteiger partial charge on any atom is -0.340 e. The van der Waals surface area contributed by atoms with Crippen molar-refractivity contribution >= 4 is 5.91 Å². The predicted molar refractivity (Wildman–Crippen MR) is 62.8 cm³/mol. The molecule has 1 saturated heterocycles. The number of carbonyl (C=O) groups is 1. The maximum Gasteiger partial charge on any atom is 0.224 e. The van der Waals surface area contributed by atoms with Gasteiger partial charge in [-0.3, -0.25) is 4.79 Å². The molecule has 1 heterocycles. The maximum absolute atomic E-state index is 12.0. The molecule has 0 spiro atoms. The largest absolute Gasteiger partial charge is 0.340 e. The summed E-state index contributed by atoms with van der Waals surface area (Å²) in [4.78, 5) is 14.0. The van der Waals surface area contributed by atoms with Crippen LogP contribution < -0.4 is 5.32 Å². The number of hydrogen-bond donors (Lipinski definition) is 1. The highest BCUT2D eigenvalue weighted by atomic mass is 16.2. The molecule has 1 amide bonds. The van der Waals surface area contributed by atoms with Crippen molar-refractivity contribution in [2.75, 3.05) is 13.1 Å². The fourth-order valence-corrected chi connectivity index (χ4v) is 2.21. The summed E-state index contributed by atoms with van der Waals surface area (Å²) in [5.74, 6) is 0.311. The third kappa shape index (κ3) is 3.49. The summed E-state index contributed by atoms with van der Waals surface area (Å²) in [5, 5.41) is 3.38. The van der Waals surface area contributed by atoms with Crippen LogP contribution in [0, 0.1) is 0 Å². The fraction of sp³-hybridized carbons (Fsp3) is 0.917. The lowest BCUT2D eigenvalue weighted by Gasteiger charge is -2.28. The van der Waals surface area contributed by atoms with Gasteiger partial charge in [-0.25, -0.2) is 0 Å². The smallest absolute Gasteiger partial charge is 0.224 e. The number of hydrogen-bond acceptors (Lipinski definition) is 2. The average molecular weight is 212 g/mol. The molecule has 0 aromatic rings. The molecule has 0 saturated carbocycles. The van der Waals surface area contributed by atoms with Gasteiger partial charge in [-0.15, -0.1) is 0 Å². The maximum atomic E-state index is 12.0. The molecule has 0 aliphatic carbocycles. The Kier molecular flexibility index (Phi) is 5.09. The first kappa shape index (κ1) is 12.5. The van der Waals surface area contributed by atoms with E-state index in [2.05, 4.69) is 26.1 Å². The highest BCUT2D eigenvalue weighted by Gasteiger charge is 2.22. The van der Waals surface area contributed by atoms with Gasteiger partial charge in [0.15, 0.2) is 0 Å². The second-order valence-electron chi connectivity index (χ2n) is 4.43. The SMILES string of the molecule is CCC(C)N(CC)C(=O)CC1CCCN1. The molecule has 88 valence electrons. The van der Waals surface area contributed by atoms with Crippen molar-refractivity contribution in [3.63, 3.8) is 0 Å². The van der Waals surface area contributed by atoms with Gasteiger partial charge in [-0.2, -0.15) is 0 Å². The van der Waals surface area contributed by atoms with Crippen molar-refractivity contribution in [1.29, 1.82) is 0 Å². The Morgan fingerprint density at radius 2 is 2.27 bits per heavy atom. The van der Waals surface area contributed by atoms with Crippen LogP contribution in [-0.4, -0.2) is 36.0 Å². The number of amides is 1. The number of nitrogens with zero attached hydrogens (tertiary/aromatic N) is 1. The molecule has 2 unspecified atom stereocenters. The summed E-state index contributed by atoms with van der Waals surface area (Å²) in [6.45, 7) is 8.23. The molecule has 0 radical (unpaired) electrons. The predicted octanol–water partition coefficient (Wildman–Crippen LogP) is 1.78. The lowest BCUT2D eigenvalue weighted by molar-refractivity contribution is -0.133. The summed E-state index contributed by atoms with van der Waals surface area (Å²) in [5.41, 5.74) is 0. The van der Waals surface area contributed by atoms with E-state index in [0.717, 1.165) is 25.9 Å². The first-order valence-electron chi connectivity index (χ1n) is 6.21. The quantitative estimate of drug-likeness (QED) is 0.753. The number of rotatable bonds is 5. The molecular weight excluding hydrogens is 188 g/mol. The summed E-state index contributed by atoms with van der Waals surface area (Å²) < 4.78 is 0. The molecule has 3 heteroatoms. The zero-order valence-corrected chi connectivity index (χ0v) is 10.3. The van der Waals surface area contributed by atoms with Crippen molar-refractivity contribution in [2.24, 2.45) is 0 Å². The first-order valence-corrected chi connectivity index (χ1v) is 6.21. The highest BCUT2D eigenvalue weighted by molar-refractivity contribution is 5.77. The van der Waals surface area contributed by atoms with E-state index in [1.807, 2.05) is 4.90 Å². The monoisotopic (exact) mass is 212 g/mol. The molecule has 1 rings (SSSR count). The van der Waals surface area contributed by atoms with Crippen LogP contribution in [0.5, 0.6) is 0 Å². The van der Waals surface area contributed by atoms with Crippen molar-refractivity contribution < 1.29 is 4.79 Å². The molecule has 0 aromatic carbocycles. The standard InChI is InChI=1S/C12H24N2O/c1-4-10(3)14(5-2)12(15)9-11-7-6-8-13-11/h10-11,13H,4-9H2,1-3H3. The number of carbonyl (C=O) groups excluding carboxylic acids is 1. The van der Waals surface area contributed by atoms with E-state index in [4.69, 9.17) is 0 Å². The molecule has 1 N–H and O–H groups in total. The Hall–Kier alpha value is -0.570. The lowest BCUT2D eigenvalue weighted by Crippen LogP contribution is -2.40. The van der Waals surface area contributed by atoms with Crippen molar-refractivity contribution in [2.45, 2.75) is 58.5 Å². The van der Waals surface area contributed by atoms with Gasteiger partial charge in [0, 0.05) is 25.0 Å². The van der Waals surface area contributed by atoms with Gasteiger partial charge in [-0.05, 0) is 39.7 Å². The van der Waals surface area contributed by atoms with E-state index in [9.17, 15) is 4.79 Å². The van der Waals surface area contributed by atoms with Gasteiger partial charge in [0.05, 0.1) is 0 Å². The minimum atomic E-state index is 0.311. The molecule has 0 bridgehead atoms. The van der Waals surface area contributed by atoms with Crippen LogP contribution in [0.1, 0.15) is 46.5 Å². The van der Waals surface area contributed by atoms with Crippen LogP contribution in [0.15, 0.2) is 0 Å². The fourth-order valence-electron chi connectivity index (χ4n) is 2.21. The Morgan fingerprint density at radius 1 is 1.53 bits per heavy atom. The summed E-state index contributed by atoms with van der Waals surface area (Å²) in [6.07, 6.45) is 4.09. The van der Waals surface area contributed by atoms with Gasteiger partial charge >= 0.3 is 0 Å². The lowest BCUT2D eigenvalue weighted by atomic mass is 10.1. The topological polar surface area (TPSA) is 32.3 Å². The van der Waals surface area contributed by atoms with Gasteiger partial charge in [0.1, 0.15) is 0 Å². The minimum absolute atomic E-state index is 0.311. The van der Waals surface area contributed by atoms with Crippen LogP contribution in [-0.2, 0) is 4.79 Å². The Labute approximate surface area is 93.2 Å². The van der Waals surface area contributed by atoms with E-state index >= 15 is 0 Å². The second kappa shape index (κ2) is 6.11. The molecule has 2 atom stereocenters. The van der Waals surface area contributed by atoms with Crippen LogP contribution in [0.3, 0.4) is 0 Å². The second-order valence-corrected chi connectivity index (χ2v) is 4.43. The van der Waals surface area contributed by atoms with Crippen LogP contribution in [0.4, 0.5) is 0 Å². The van der Waals surface area contributed by atoms with Gasteiger partial charge in [0.2, 0.25) is 5.91 Å². The third-order valence-corrected chi connectivity index (χ3v) is 3.37. The summed E-state index contributed by atoms with van der Waals surface area (Å²) in [6, 6.07) is 0.805. The van der Waals surface area contributed by atoms with E-state index in [1.165, 1.54) is 6.42 Å². The van der Waals surface area contributed by atoms with Crippen molar-refractivity contribution in [3.8, 4) is 0 Å². The summed E-state index contributed by atoms with van der Waals surface area (Å²) in [7, 11) is 0. The third-order valence-electron chi connectivity index (χ3n) is 3.37. The molecule has 0 aromatic heterocycles. The Bertz CT molecular complexity index is 200. The van der Waals surface area contributed by atoms with Gasteiger partial charge < -0.3 is 10.2 Å². The molecule has 1 aliphatic rings. The van der Waals surface area contributed by atoms with Gasteiger partial charge in [-0.1, -0.05) is 6.92 Å². The Balaban J connectivity index is 2.41. The number of nitrogens with one attached hydrogen (secondary N) is 1. The Morgan fingerprint density at radius 3 is 2.73 bits per heavy atom. The first-order chi connectivity index (χ1) is 7.19. The normalized spacial score (nSPS) is 22.7. The molecule has 1 fully saturated rings. The highest BCUT2D eigenvalue weighted by Crippen LogP contribution is 2.12.